The van der Waals surface area contributed by atoms with E-state index in [1.165, 1.54) is 19.3 Å². The molecule has 1 heterocycles. The SMILES string of the molecule is CCCCCC1(C)OC1C=CC(=O)CBr. The van der Waals surface area contributed by atoms with Crippen LogP contribution in [0.25, 0.3) is 0 Å². The summed E-state index contributed by atoms with van der Waals surface area (Å²) in [6, 6.07) is 0. The van der Waals surface area contributed by atoms with Gasteiger partial charge in [-0.2, -0.15) is 0 Å². The lowest BCUT2D eigenvalue weighted by atomic mass is 9.99. The molecule has 15 heavy (non-hydrogen) atoms. The van der Waals surface area contributed by atoms with Crippen LogP contribution in [0.3, 0.4) is 0 Å². The number of epoxide rings is 1. The molecular weight excluding hydrogens is 256 g/mol. The number of hydrogen-bond donors (Lipinski definition) is 0. The van der Waals surface area contributed by atoms with Gasteiger partial charge in [0.2, 0.25) is 0 Å². The maximum Gasteiger partial charge on any atom is 0.165 e. The molecule has 2 unspecified atom stereocenters. The highest BCUT2D eigenvalue weighted by Gasteiger charge is 2.49. The Morgan fingerprint density at radius 3 is 2.87 bits per heavy atom. The lowest BCUT2D eigenvalue weighted by Gasteiger charge is -2.03. The molecular formula is C12H19BrO2. The molecule has 0 spiro atoms. The Labute approximate surface area is 100 Å². The van der Waals surface area contributed by atoms with Gasteiger partial charge in [-0.25, -0.2) is 0 Å². The van der Waals surface area contributed by atoms with Gasteiger partial charge < -0.3 is 4.74 Å². The number of unbranched alkanes of at least 4 members (excludes halogenated alkanes) is 2. The molecule has 0 bridgehead atoms. The zero-order valence-electron chi connectivity index (χ0n) is 9.46. The van der Waals surface area contributed by atoms with Crippen LogP contribution in [-0.2, 0) is 9.53 Å². The van der Waals surface area contributed by atoms with E-state index in [1.54, 1.807) is 6.08 Å². The van der Waals surface area contributed by atoms with Gasteiger partial charge >= 0.3 is 0 Å². The molecule has 1 fully saturated rings. The maximum atomic E-state index is 11.0. The summed E-state index contributed by atoms with van der Waals surface area (Å²) < 4.78 is 5.59. The Balaban J connectivity index is 2.25. The smallest absolute Gasteiger partial charge is 0.165 e. The van der Waals surface area contributed by atoms with Gasteiger partial charge in [0.05, 0.1) is 10.9 Å². The molecule has 0 aromatic carbocycles. The summed E-state index contributed by atoms with van der Waals surface area (Å²) in [6.45, 7) is 4.32. The number of rotatable bonds is 7. The van der Waals surface area contributed by atoms with Gasteiger partial charge in [0, 0.05) is 0 Å². The largest absolute Gasteiger partial charge is 0.362 e. The van der Waals surface area contributed by atoms with Crippen molar-refractivity contribution in [3.05, 3.63) is 12.2 Å². The molecule has 0 radical (unpaired) electrons. The third-order valence-electron chi connectivity index (χ3n) is 2.81. The van der Waals surface area contributed by atoms with Crippen molar-refractivity contribution in [3.63, 3.8) is 0 Å². The van der Waals surface area contributed by atoms with Gasteiger partial charge in [-0.3, -0.25) is 4.79 Å². The first-order valence-corrected chi connectivity index (χ1v) is 6.69. The second kappa shape index (κ2) is 5.80. The molecule has 0 N–H and O–H groups in total. The predicted octanol–water partition coefficient (Wildman–Crippen LogP) is 3.24. The summed E-state index contributed by atoms with van der Waals surface area (Å²) in [4.78, 5) is 11.0. The highest BCUT2D eigenvalue weighted by molar-refractivity contribution is 9.09. The maximum absolute atomic E-state index is 11.0. The molecule has 1 aliphatic heterocycles. The molecule has 1 saturated heterocycles. The fourth-order valence-electron chi connectivity index (χ4n) is 1.67. The summed E-state index contributed by atoms with van der Waals surface area (Å²) in [5, 5.41) is 0.392. The quantitative estimate of drug-likeness (QED) is 0.309. The van der Waals surface area contributed by atoms with Crippen LogP contribution < -0.4 is 0 Å². The van der Waals surface area contributed by atoms with E-state index in [2.05, 4.69) is 29.8 Å². The molecule has 2 nitrogen and oxygen atoms in total. The summed E-state index contributed by atoms with van der Waals surface area (Å²) in [7, 11) is 0. The first-order valence-electron chi connectivity index (χ1n) is 5.57. The minimum Gasteiger partial charge on any atom is -0.362 e. The van der Waals surface area contributed by atoms with Crippen LogP contribution in [0.4, 0.5) is 0 Å². The molecule has 2 atom stereocenters. The van der Waals surface area contributed by atoms with Gasteiger partial charge in [-0.15, -0.1) is 0 Å². The van der Waals surface area contributed by atoms with Crippen molar-refractivity contribution in [3.8, 4) is 0 Å². The summed E-state index contributed by atoms with van der Waals surface area (Å²) in [6.07, 6.45) is 8.45. The average Bonchev–Trinajstić information content (AvgIpc) is 2.87. The number of ketones is 1. The Bertz CT molecular complexity index is 250. The van der Waals surface area contributed by atoms with Gasteiger partial charge in [-0.05, 0) is 25.5 Å². The van der Waals surface area contributed by atoms with E-state index in [9.17, 15) is 4.79 Å². The second-order valence-corrected chi connectivity index (χ2v) is 4.83. The van der Waals surface area contributed by atoms with E-state index >= 15 is 0 Å². The topological polar surface area (TPSA) is 29.6 Å². The Morgan fingerprint density at radius 2 is 2.27 bits per heavy atom. The van der Waals surface area contributed by atoms with Crippen LogP contribution in [0.2, 0.25) is 0 Å². The molecule has 0 aromatic heterocycles. The third-order valence-corrected chi connectivity index (χ3v) is 3.36. The monoisotopic (exact) mass is 274 g/mol. The summed E-state index contributed by atoms with van der Waals surface area (Å²) in [5.74, 6) is 0.0985. The van der Waals surface area contributed by atoms with Crippen molar-refractivity contribution in [2.24, 2.45) is 0 Å². The van der Waals surface area contributed by atoms with Crippen LogP contribution >= 0.6 is 15.9 Å². The Kier molecular flexibility index (Phi) is 5.00. The Hall–Kier alpha value is -0.150. The van der Waals surface area contributed by atoms with Gasteiger partial charge in [-0.1, -0.05) is 42.1 Å². The zero-order chi connectivity index (χ0) is 11.3. The Morgan fingerprint density at radius 1 is 1.53 bits per heavy atom. The lowest BCUT2D eigenvalue weighted by Crippen LogP contribution is -2.08. The summed E-state index contributed by atoms with van der Waals surface area (Å²) in [5.41, 5.74) is -0.00172. The van der Waals surface area contributed by atoms with Crippen molar-refractivity contribution in [2.75, 3.05) is 5.33 Å². The minimum absolute atomic E-state index is 0.00172. The minimum atomic E-state index is -0.00172. The normalized spacial score (nSPS) is 29.7. The van der Waals surface area contributed by atoms with Crippen molar-refractivity contribution < 1.29 is 9.53 Å². The fourth-order valence-corrected chi connectivity index (χ4v) is 1.85. The number of carbonyl (C=O) groups is 1. The van der Waals surface area contributed by atoms with Crippen LogP contribution in [0, 0.1) is 0 Å². The molecule has 86 valence electrons. The molecule has 1 aliphatic rings. The number of hydrogen-bond acceptors (Lipinski definition) is 2. The summed E-state index contributed by atoms with van der Waals surface area (Å²) >= 11 is 3.12. The molecule has 0 saturated carbocycles. The molecule has 3 heteroatoms. The molecule has 0 aliphatic carbocycles. The van der Waals surface area contributed by atoms with E-state index in [-0.39, 0.29) is 17.5 Å². The second-order valence-electron chi connectivity index (χ2n) is 4.27. The molecule has 0 aromatic rings. The number of halogens is 1. The van der Waals surface area contributed by atoms with Crippen LogP contribution in [-0.4, -0.2) is 22.8 Å². The van der Waals surface area contributed by atoms with Crippen LogP contribution in [0.1, 0.15) is 39.5 Å². The van der Waals surface area contributed by atoms with Crippen molar-refractivity contribution in [2.45, 2.75) is 51.2 Å². The van der Waals surface area contributed by atoms with Crippen molar-refractivity contribution in [1.29, 1.82) is 0 Å². The number of allylic oxidation sites excluding steroid dienone is 1. The third kappa shape index (κ3) is 4.07. The van der Waals surface area contributed by atoms with E-state index in [4.69, 9.17) is 4.74 Å². The van der Waals surface area contributed by atoms with E-state index in [0.717, 1.165) is 6.42 Å². The van der Waals surface area contributed by atoms with Crippen LogP contribution in [0.5, 0.6) is 0 Å². The van der Waals surface area contributed by atoms with E-state index in [0.29, 0.717) is 5.33 Å². The fraction of sp³-hybridized carbons (Fsp3) is 0.750. The number of alkyl halides is 1. The average molecular weight is 275 g/mol. The number of carbonyl (C=O) groups excluding carboxylic acids is 1. The van der Waals surface area contributed by atoms with E-state index in [1.807, 2.05) is 6.08 Å². The highest BCUT2D eigenvalue weighted by Crippen LogP contribution is 2.41. The zero-order valence-corrected chi connectivity index (χ0v) is 11.0. The molecule has 1 rings (SSSR count). The van der Waals surface area contributed by atoms with Gasteiger partial charge in [0.15, 0.2) is 5.78 Å². The standard InChI is InChI=1S/C12H19BrO2/c1-3-4-5-8-12(2)11(15-12)7-6-10(14)9-13/h6-7,11H,3-5,8-9H2,1-2H3. The van der Waals surface area contributed by atoms with Crippen molar-refractivity contribution >= 4 is 21.7 Å². The van der Waals surface area contributed by atoms with Gasteiger partial charge in [0.25, 0.3) is 0 Å². The lowest BCUT2D eigenvalue weighted by molar-refractivity contribution is -0.112. The van der Waals surface area contributed by atoms with Gasteiger partial charge in [0.1, 0.15) is 6.10 Å². The highest BCUT2D eigenvalue weighted by atomic mass is 79.9. The number of ether oxygens (including phenoxy) is 1. The van der Waals surface area contributed by atoms with Crippen LogP contribution in [0.15, 0.2) is 12.2 Å². The molecule has 0 amide bonds. The first-order chi connectivity index (χ1) is 7.12. The first kappa shape index (κ1) is 12.9. The van der Waals surface area contributed by atoms with Crippen molar-refractivity contribution in [1.82, 2.24) is 0 Å². The predicted molar refractivity (Wildman–Crippen MR) is 65.4 cm³/mol. The van der Waals surface area contributed by atoms with E-state index < -0.39 is 0 Å².